The Bertz CT molecular complexity index is 416. The Hall–Kier alpha value is -1.39. The third-order valence-electron chi connectivity index (χ3n) is 4.46. The molecule has 0 saturated carbocycles. The number of hydrogen-bond acceptors (Lipinski definition) is 3. The summed E-state index contributed by atoms with van der Waals surface area (Å²) < 4.78 is 1.89. The highest BCUT2D eigenvalue weighted by Crippen LogP contribution is 2.24. The number of carbonyl (C=O) groups excluding carboxylic acids is 1. The van der Waals surface area contributed by atoms with E-state index < -0.39 is 0 Å². The third-order valence-corrected chi connectivity index (χ3v) is 4.46. The summed E-state index contributed by atoms with van der Waals surface area (Å²) in [4.78, 5) is 18.5. The van der Waals surface area contributed by atoms with Crippen molar-refractivity contribution in [2.24, 2.45) is 11.8 Å². The predicted molar refractivity (Wildman–Crippen MR) is 78.1 cm³/mol. The third kappa shape index (κ3) is 3.58. The first kappa shape index (κ1) is 15.0. The van der Waals surface area contributed by atoms with Crippen LogP contribution in [0, 0.1) is 11.8 Å². The Morgan fingerprint density at radius 3 is 2.85 bits per heavy atom. The molecule has 0 radical (unpaired) electrons. The lowest BCUT2D eigenvalue weighted by Gasteiger charge is -2.34. The maximum Gasteiger partial charge on any atom is 0.222 e. The second-order valence-electron chi connectivity index (χ2n) is 6.13. The largest absolute Gasteiger partial charge is 0.341 e. The zero-order chi connectivity index (χ0) is 14.5. The van der Waals surface area contributed by atoms with Gasteiger partial charge >= 0.3 is 0 Å². The van der Waals surface area contributed by atoms with Crippen LogP contribution in [-0.4, -0.2) is 38.7 Å². The summed E-state index contributed by atoms with van der Waals surface area (Å²) in [6.07, 6.45) is 7.19. The first-order valence-corrected chi connectivity index (χ1v) is 7.73. The van der Waals surface area contributed by atoms with E-state index in [2.05, 4.69) is 30.9 Å². The SMILES string of the molecule is CC[C@@H](CC(=O)N1CCC[C@H](n2cncn2)C1)C(C)C. The minimum Gasteiger partial charge on any atom is -0.341 e. The lowest BCUT2D eigenvalue weighted by Crippen LogP contribution is -2.41. The summed E-state index contributed by atoms with van der Waals surface area (Å²) in [6, 6.07) is 0.286. The van der Waals surface area contributed by atoms with Gasteiger partial charge in [-0.1, -0.05) is 27.2 Å². The van der Waals surface area contributed by atoms with Gasteiger partial charge in [0.15, 0.2) is 0 Å². The molecule has 1 aliphatic heterocycles. The van der Waals surface area contributed by atoms with Gasteiger partial charge in [-0.05, 0) is 24.7 Å². The molecule has 2 rings (SSSR count). The standard InChI is InChI=1S/C15H26N4O/c1-4-13(12(2)3)8-15(20)18-7-5-6-14(9-18)19-11-16-10-17-19/h10-14H,4-9H2,1-3H3/t13-,14-/m0/s1. The Morgan fingerprint density at radius 1 is 1.45 bits per heavy atom. The molecule has 0 aromatic carbocycles. The second kappa shape index (κ2) is 6.86. The van der Waals surface area contributed by atoms with Gasteiger partial charge in [0, 0.05) is 19.5 Å². The quantitative estimate of drug-likeness (QED) is 0.831. The van der Waals surface area contributed by atoms with E-state index in [-0.39, 0.29) is 6.04 Å². The maximum absolute atomic E-state index is 12.5. The van der Waals surface area contributed by atoms with Crippen molar-refractivity contribution in [2.75, 3.05) is 13.1 Å². The van der Waals surface area contributed by atoms with Gasteiger partial charge in [-0.25, -0.2) is 9.67 Å². The number of rotatable bonds is 5. The fourth-order valence-corrected chi connectivity index (χ4v) is 3.01. The molecular formula is C15H26N4O. The zero-order valence-electron chi connectivity index (χ0n) is 12.8. The van der Waals surface area contributed by atoms with Crippen LogP contribution in [0.3, 0.4) is 0 Å². The lowest BCUT2D eigenvalue weighted by atomic mass is 9.89. The van der Waals surface area contributed by atoms with E-state index >= 15 is 0 Å². The van der Waals surface area contributed by atoms with E-state index in [9.17, 15) is 4.79 Å². The molecule has 2 heterocycles. The molecule has 0 N–H and O–H groups in total. The maximum atomic E-state index is 12.5. The number of piperidine rings is 1. The Balaban J connectivity index is 1.93. The van der Waals surface area contributed by atoms with Gasteiger partial charge in [0.2, 0.25) is 5.91 Å². The molecule has 0 unspecified atom stereocenters. The Kier molecular flexibility index (Phi) is 5.15. The first-order chi connectivity index (χ1) is 9.61. The highest BCUT2D eigenvalue weighted by molar-refractivity contribution is 5.76. The minimum absolute atomic E-state index is 0.286. The average Bonchev–Trinajstić information content (AvgIpc) is 2.98. The monoisotopic (exact) mass is 278 g/mol. The van der Waals surface area contributed by atoms with Crippen molar-refractivity contribution in [1.82, 2.24) is 19.7 Å². The highest BCUT2D eigenvalue weighted by atomic mass is 16.2. The van der Waals surface area contributed by atoms with Crippen LogP contribution in [0.15, 0.2) is 12.7 Å². The van der Waals surface area contributed by atoms with E-state index in [1.807, 2.05) is 9.58 Å². The average molecular weight is 278 g/mol. The Labute approximate surface area is 121 Å². The van der Waals surface area contributed by atoms with E-state index in [0.29, 0.717) is 24.2 Å². The summed E-state index contributed by atoms with van der Waals surface area (Å²) >= 11 is 0. The number of nitrogens with zero attached hydrogens (tertiary/aromatic N) is 4. The summed E-state index contributed by atoms with van der Waals surface area (Å²) in [5.74, 6) is 1.37. The van der Waals surface area contributed by atoms with Crippen LogP contribution < -0.4 is 0 Å². The van der Waals surface area contributed by atoms with Crippen LogP contribution in [0.5, 0.6) is 0 Å². The number of hydrogen-bond donors (Lipinski definition) is 0. The van der Waals surface area contributed by atoms with Gasteiger partial charge in [-0.2, -0.15) is 5.10 Å². The van der Waals surface area contributed by atoms with E-state index in [1.54, 1.807) is 12.7 Å². The molecule has 5 nitrogen and oxygen atoms in total. The zero-order valence-corrected chi connectivity index (χ0v) is 12.8. The van der Waals surface area contributed by atoms with Gasteiger partial charge in [-0.15, -0.1) is 0 Å². The minimum atomic E-state index is 0.286. The summed E-state index contributed by atoms with van der Waals surface area (Å²) in [5, 5.41) is 4.21. The van der Waals surface area contributed by atoms with E-state index in [1.165, 1.54) is 0 Å². The Morgan fingerprint density at radius 2 is 2.25 bits per heavy atom. The van der Waals surface area contributed by atoms with Crippen molar-refractivity contribution >= 4 is 5.91 Å². The van der Waals surface area contributed by atoms with E-state index in [0.717, 1.165) is 32.4 Å². The second-order valence-corrected chi connectivity index (χ2v) is 6.13. The molecule has 1 saturated heterocycles. The summed E-state index contributed by atoms with van der Waals surface area (Å²) in [6.45, 7) is 8.24. The van der Waals surface area contributed by atoms with Gasteiger partial charge < -0.3 is 4.90 Å². The number of likely N-dealkylation sites (tertiary alicyclic amines) is 1. The molecule has 1 aromatic rings. The normalized spacial score (nSPS) is 21.2. The summed E-state index contributed by atoms with van der Waals surface area (Å²) in [5.41, 5.74) is 0. The molecule has 2 atom stereocenters. The van der Waals surface area contributed by atoms with Crippen molar-refractivity contribution in [2.45, 2.75) is 52.5 Å². The molecule has 20 heavy (non-hydrogen) atoms. The van der Waals surface area contributed by atoms with Crippen LogP contribution in [-0.2, 0) is 4.79 Å². The summed E-state index contributed by atoms with van der Waals surface area (Å²) in [7, 11) is 0. The topological polar surface area (TPSA) is 51.0 Å². The van der Waals surface area contributed by atoms with Crippen LogP contribution in [0.1, 0.15) is 52.5 Å². The van der Waals surface area contributed by atoms with Crippen molar-refractivity contribution in [3.63, 3.8) is 0 Å². The fraction of sp³-hybridized carbons (Fsp3) is 0.800. The molecule has 1 amide bonds. The lowest BCUT2D eigenvalue weighted by molar-refractivity contribution is -0.134. The van der Waals surface area contributed by atoms with Gasteiger partial charge in [0.05, 0.1) is 6.04 Å². The molecule has 1 aliphatic rings. The molecule has 0 aliphatic carbocycles. The molecule has 0 spiro atoms. The van der Waals surface area contributed by atoms with Crippen molar-refractivity contribution < 1.29 is 4.79 Å². The number of amides is 1. The van der Waals surface area contributed by atoms with Crippen LogP contribution in [0.4, 0.5) is 0 Å². The van der Waals surface area contributed by atoms with Crippen LogP contribution in [0.25, 0.3) is 0 Å². The first-order valence-electron chi connectivity index (χ1n) is 7.73. The highest BCUT2D eigenvalue weighted by Gasteiger charge is 2.27. The number of carbonyl (C=O) groups is 1. The van der Waals surface area contributed by atoms with Crippen molar-refractivity contribution in [1.29, 1.82) is 0 Å². The molecule has 5 heteroatoms. The van der Waals surface area contributed by atoms with Gasteiger partial charge in [-0.3, -0.25) is 4.79 Å². The van der Waals surface area contributed by atoms with Crippen LogP contribution in [0.2, 0.25) is 0 Å². The smallest absolute Gasteiger partial charge is 0.222 e. The van der Waals surface area contributed by atoms with Gasteiger partial charge in [0.1, 0.15) is 12.7 Å². The number of aromatic nitrogens is 3. The van der Waals surface area contributed by atoms with E-state index in [4.69, 9.17) is 0 Å². The molecular weight excluding hydrogens is 252 g/mol. The molecule has 1 fully saturated rings. The molecule has 0 bridgehead atoms. The molecule has 1 aromatic heterocycles. The fourth-order valence-electron chi connectivity index (χ4n) is 3.01. The predicted octanol–water partition coefficient (Wildman–Crippen LogP) is 2.51. The van der Waals surface area contributed by atoms with Crippen LogP contribution >= 0.6 is 0 Å². The van der Waals surface area contributed by atoms with Crippen molar-refractivity contribution in [3.05, 3.63) is 12.7 Å². The van der Waals surface area contributed by atoms with Gasteiger partial charge in [0.25, 0.3) is 0 Å². The van der Waals surface area contributed by atoms with Crippen molar-refractivity contribution in [3.8, 4) is 0 Å². The molecule has 112 valence electrons.